The highest BCUT2D eigenvalue weighted by molar-refractivity contribution is 5.48. The van der Waals surface area contributed by atoms with Gasteiger partial charge < -0.3 is 10.1 Å². The first kappa shape index (κ1) is 15.7. The Morgan fingerprint density at radius 2 is 1.32 bits per heavy atom. The smallest absolute Gasteiger partial charge is 0.200 e. The Bertz CT molecular complexity index is 435. The van der Waals surface area contributed by atoms with Crippen LogP contribution in [0.2, 0.25) is 0 Å². The molecule has 0 bridgehead atoms. The van der Waals surface area contributed by atoms with Crippen molar-refractivity contribution in [2.45, 2.75) is 19.9 Å². The van der Waals surface area contributed by atoms with E-state index in [0.29, 0.717) is 0 Å². The van der Waals surface area contributed by atoms with Gasteiger partial charge in [0.05, 0.1) is 12.6 Å². The lowest BCUT2D eigenvalue weighted by molar-refractivity contribution is 0.170. The molecule has 1 unspecified atom stereocenters. The fourth-order valence-corrected chi connectivity index (χ4v) is 1.50. The Kier molecular flexibility index (Phi) is 5.11. The van der Waals surface area contributed by atoms with Gasteiger partial charge in [0.1, 0.15) is 5.69 Å². The molecule has 0 heterocycles. The summed E-state index contributed by atoms with van der Waals surface area (Å²) in [5, 5.41) is 2.30. The molecule has 7 heteroatoms. The second-order valence-electron chi connectivity index (χ2n) is 4.40. The second kappa shape index (κ2) is 6.18. The van der Waals surface area contributed by atoms with Crippen molar-refractivity contribution >= 4 is 5.69 Å². The van der Waals surface area contributed by atoms with Gasteiger partial charge in [-0.25, -0.2) is 22.0 Å². The molecule has 19 heavy (non-hydrogen) atoms. The van der Waals surface area contributed by atoms with Gasteiger partial charge in [-0.3, -0.25) is 0 Å². The zero-order valence-electron chi connectivity index (χ0n) is 10.7. The van der Waals surface area contributed by atoms with Crippen LogP contribution in [-0.4, -0.2) is 19.8 Å². The van der Waals surface area contributed by atoms with Crippen LogP contribution >= 0.6 is 0 Å². The van der Waals surface area contributed by atoms with Gasteiger partial charge in [-0.1, -0.05) is 13.8 Å². The Morgan fingerprint density at radius 3 is 1.68 bits per heavy atom. The first-order chi connectivity index (χ1) is 8.81. The van der Waals surface area contributed by atoms with Crippen LogP contribution in [0.3, 0.4) is 0 Å². The molecule has 0 spiro atoms. The molecular weight excluding hydrogens is 269 g/mol. The third kappa shape index (κ3) is 3.15. The van der Waals surface area contributed by atoms with Crippen molar-refractivity contribution in [1.82, 2.24) is 0 Å². The number of hydrogen-bond acceptors (Lipinski definition) is 2. The van der Waals surface area contributed by atoms with E-state index in [1.54, 1.807) is 13.8 Å². The largest absolute Gasteiger partial charge is 0.383 e. The molecule has 0 aliphatic rings. The number of methoxy groups -OCH3 is 1. The van der Waals surface area contributed by atoms with E-state index in [1.165, 1.54) is 7.11 Å². The van der Waals surface area contributed by atoms with Gasteiger partial charge in [-0.15, -0.1) is 0 Å². The first-order valence-corrected chi connectivity index (χ1v) is 5.58. The van der Waals surface area contributed by atoms with E-state index < -0.39 is 40.8 Å². The van der Waals surface area contributed by atoms with Crippen LogP contribution < -0.4 is 5.32 Å². The average molecular weight is 283 g/mol. The average Bonchev–Trinajstić information content (AvgIpc) is 2.37. The topological polar surface area (TPSA) is 21.3 Å². The van der Waals surface area contributed by atoms with E-state index in [9.17, 15) is 22.0 Å². The molecule has 2 nitrogen and oxygen atoms in total. The predicted molar refractivity (Wildman–Crippen MR) is 60.4 cm³/mol. The molecular formula is C12H14F5NO. The molecule has 0 aliphatic heterocycles. The SMILES string of the molecule is COCC(Nc1c(F)c(F)c(F)c(F)c1F)C(C)C. The maximum Gasteiger partial charge on any atom is 0.200 e. The van der Waals surface area contributed by atoms with Gasteiger partial charge in [0.15, 0.2) is 23.3 Å². The van der Waals surface area contributed by atoms with Gasteiger partial charge in [0, 0.05) is 7.11 Å². The van der Waals surface area contributed by atoms with Crippen molar-refractivity contribution < 1.29 is 26.7 Å². The molecule has 1 atom stereocenters. The van der Waals surface area contributed by atoms with Crippen molar-refractivity contribution in [1.29, 1.82) is 0 Å². The summed E-state index contributed by atoms with van der Waals surface area (Å²) >= 11 is 0. The van der Waals surface area contributed by atoms with E-state index in [-0.39, 0.29) is 12.5 Å². The summed E-state index contributed by atoms with van der Waals surface area (Å²) in [5.74, 6) is -10.00. The highest BCUT2D eigenvalue weighted by Gasteiger charge is 2.27. The van der Waals surface area contributed by atoms with Gasteiger partial charge in [-0.05, 0) is 5.92 Å². The fraction of sp³-hybridized carbons (Fsp3) is 0.500. The number of halogens is 5. The van der Waals surface area contributed by atoms with Gasteiger partial charge >= 0.3 is 0 Å². The predicted octanol–water partition coefficient (Wildman–Crippen LogP) is 3.47. The molecule has 0 amide bonds. The minimum absolute atomic E-state index is 0.0666. The van der Waals surface area contributed by atoms with E-state index in [2.05, 4.69) is 5.32 Å². The van der Waals surface area contributed by atoms with Crippen molar-refractivity contribution in [2.24, 2.45) is 5.92 Å². The first-order valence-electron chi connectivity index (χ1n) is 5.58. The summed E-state index contributed by atoms with van der Waals surface area (Å²) in [6.45, 7) is 3.52. The fourth-order valence-electron chi connectivity index (χ4n) is 1.50. The third-order valence-corrected chi connectivity index (χ3v) is 2.69. The van der Waals surface area contributed by atoms with Gasteiger partial charge in [0.25, 0.3) is 0 Å². The minimum Gasteiger partial charge on any atom is -0.383 e. The number of ether oxygens (including phenoxy) is 1. The summed E-state index contributed by atoms with van der Waals surface area (Å²) in [7, 11) is 1.37. The number of nitrogens with one attached hydrogen (secondary N) is 1. The Morgan fingerprint density at radius 1 is 0.895 bits per heavy atom. The van der Waals surface area contributed by atoms with Crippen LogP contribution in [0.1, 0.15) is 13.8 Å². The van der Waals surface area contributed by atoms with E-state index in [4.69, 9.17) is 4.74 Å². The van der Waals surface area contributed by atoms with Crippen LogP contribution in [0.5, 0.6) is 0 Å². The van der Waals surface area contributed by atoms with Crippen LogP contribution in [0.4, 0.5) is 27.6 Å². The normalized spacial score (nSPS) is 12.9. The van der Waals surface area contributed by atoms with Crippen LogP contribution in [0.25, 0.3) is 0 Å². The van der Waals surface area contributed by atoms with Crippen molar-refractivity contribution in [2.75, 3.05) is 19.0 Å². The van der Waals surface area contributed by atoms with Gasteiger partial charge in [0.2, 0.25) is 5.82 Å². The summed E-state index contributed by atoms with van der Waals surface area (Å²) in [6, 6.07) is -0.585. The molecule has 108 valence electrons. The van der Waals surface area contributed by atoms with E-state index in [0.717, 1.165) is 0 Å². The molecule has 0 saturated heterocycles. The Hall–Kier alpha value is -1.37. The molecule has 1 rings (SSSR count). The second-order valence-corrected chi connectivity index (χ2v) is 4.40. The molecule has 0 aromatic heterocycles. The maximum atomic E-state index is 13.4. The Balaban J connectivity index is 3.20. The van der Waals surface area contributed by atoms with Crippen LogP contribution in [0.15, 0.2) is 0 Å². The lowest BCUT2D eigenvalue weighted by atomic mass is 10.0. The number of hydrogen-bond donors (Lipinski definition) is 1. The molecule has 1 aromatic carbocycles. The van der Waals surface area contributed by atoms with Crippen LogP contribution in [0, 0.1) is 35.0 Å². The molecule has 1 N–H and O–H groups in total. The minimum atomic E-state index is -2.17. The third-order valence-electron chi connectivity index (χ3n) is 2.69. The zero-order valence-corrected chi connectivity index (χ0v) is 10.7. The summed E-state index contributed by atoms with van der Waals surface area (Å²) < 4.78 is 70.6. The molecule has 0 radical (unpaired) electrons. The lowest BCUT2D eigenvalue weighted by Crippen LogP contribution is -2.31. The highest BCUT2D eigenvalue weighted by Crippen LogP contribution is 2.28. The highest BCUT2D eigenvalue weighted by atomic mass is 19.2. The number of anilines is 1. The monoisotopic (exact) mass is 283 g/mol. The summed E-state index contributed by atoms with van der Waals surface area (Å²) in [4.78, 5) is 0. The number of rotatable bonds is 5. The van der Waals surface area contributed by atoms with Crippen molar-refractivity contribution in [3.05, 3.63) is 29.1 Å². The zero-order chi connectivity index (χ0) is 14.7. The van der Waals surface area contributed by atoms with Crippen LogP contribution in [-0.2, 0) is 4.74 Å². The van der Waals surface area contributed by atoms with E-state index >= 15 is 0 Å². The maximum absolute atomic E-state index is 13.4. The molecule has 0 fully saturated rings. The molecule has 1 aromatic rings. The lowest BCUT2D eigenvalue weighted by Gasteiger charge is -2.23. The van der Waals surface area contributed by atoms with Crippen molar-refractivity contribution in [3.63, 3.8) is 0 Å². The molecule has 0 aliphatic carbocycles. The Labute approximate surface area is 107 Å². The van der Waals surface area contributed by atoms with E-state index in [1.807, 2.05) is 0 Å². The van der Waals surface area contributed by atoms with Crippen molar-refractivity contribution in [3.8, 4) is 0 Å². The summed E-state index contributed by atoms with van der Waals surface area (Å²) in [6.07, 6.45) is 0. The van der Waals surface area contributed by atoms with Gasteiger partial charge in [-0.2, -0.15) is 0 Å². The quantitative estimate of drug-likeness (QED) is 0.507. The molecule has 0 saturated carbocycles. The summed E-state index contributed by atoms with van der Waals surface area (Å²) in [5.41, 5.74) is -1.04. The standard InChI is InChI=1S/C12H14F5NO/c1-5(2)6(4-19-3)18-12-10(16)8(14)7(13)9(15)11(12)17/h5-6,18H,4H2,1-3H3. The number of benzene rings is 1.